The van der Waals surface area contributed by atoms with Gasteiger partial charge < -0.3 is 11.1 Å². The molecule has 3 nitrogen and oxygen atoms in total. The summed E-state index contributed by atoms with van der Waals surface area (Å²) in [5.41, 5.74) is 6.17. The van der Waals surface area contributed by atoms with E-state index in [2.05, 4.69) is 5.32 Å². The second-order valence-corrected chi connectivity index (χ2v) is 4.53. The molecular weight excluding hydrogens is 224 g/mol. The third kappa shape index (κ3) is 6.40. The van der Waals surface area contributed by atoms with Gasteiger partial charge >= 0.3 is 0 Å². The van der Waals surface area contributed by atoms with E-state index in [1.54, 1.807) is 0 Å². The van der Waals surface area contributed by atoms with E-state index in [0.717, 1.165) is 31.5 Å². The van der Waals surface area contributed by atoms with Crippen molar-refractivity contribution in [1.82, 2.24) is 5.32 Å². The van der Waals surface area contributed by atoms with Crippen molar-refractivity contribution in [2.45, 2.75) is 38.5 Å². The van der Waals surface area contributed by atoms with Gasteiger partial charge in [-0.15, -0.1) is 0 Å². The Hall–Kier alpha value is -1.35. The van der Waals surface area contributed by atoms with Crippen molar-refractivity contribution in [3.05, 3.63) is 35.9 Å². The predicted octanol–water partition coefficient (Wildman–Crippen LogP) is 2.72. The fraction of sp³-hybridized carbons (Fsp3) is 0.533. The fourth-order valence-electron chi connectivity index (χ4n) is 1.87. The highest BCUT2D eigenvalue weighted by atomic mass is 16.1. The van der Waals surface area contributed by atoms with E-state index < -0.39 is 0 Å². The maximum atomic E-state index is 11.7. The number of carbonyl (C=O) groups excluding carboxylic acids is 1. The molecule has 0 bridgehead atoms. The third-order valence-electron chi connectivity index (χ3n) is 2.95. The van der Waals surface area contributed by atoms with E-state index in [-0.39, 0.29) is 5.91 Å². The zero-order valence-electron chi connectivity index (χ0n) is 11.0. The van der Waals surface area contributed by atoms with E-state index in [4.69, 9.17) is 5.73 Å². The summed E-state index contributed by atoms with van der Waals surface area (Å²) < 4.78 is 0. The highest BCUT2D eigenvalue weighted by Crippen LogP contribution is 2.04. The molecule has 0 aliphatic rings. The number of amides is 1. The van der Waals surface area contributed by atoms with Crippen LogP contribution in [-0.2, 0) is 0 Å². The predicted molar refractivity (Wildman–Crippen MR) is 75.5 cm³/mol. The summed E-state index contributed by atoms with van der Waals surface area (Å²) in [5.74, 6) is 0.0266. The third-order valence-corrected chi connectivity index (χ3v) is 2.95. The van der Waals surface area contributed by atoms with Crippen molar-refractivity contribution < 1.29 is 4.79 Å². The van der Waals surface area contributed by atoms with Crippen LogP contribution in [-0.4, -0.2) is 19.0 Å². The first-order valence-corrected chi connectivity index (χ1v) is 6.88. The number of benzene rings is 1. The average Bonchev–Trinajstić information content (AvgIpc) is 2.42. The first-order valence-electron chi connectivity index (χ1n) is 6.88. The van der Waals surface area contributed by atoms with Gasteiger partial charge in [0.15, 0.2) is 0 Å². The highest BCUT2D eigenvalue weighted by molar-refractivity contribution is 5.94. The van der Waals surface area contributed by atoms with Crippen LogP contribution in [0.15, 0.2) is 30.3 Å². The standard InChI is InChI=1S/C15H24N2O/c16-12-8-3-1-2-4-9-13-17-15(18)14-10-6-5-7-11-14/h5-7,10-11H,1-4,8-9,12-13,16H2,(H,17,18). The molecule has 100 valence electrons. The van der Waals surface area contributed by atoms with Gasteiger partial charge in [-0.3, -0.25) is 4.79 Å². The normalized spacial score (nSPS) is 10.3. The summed E-state index contributed by atoms with van der Waals surface area (Å²) in [7, 11) is 0. The van der Waals surface area contributed by atoms with Crippen LogP contribution in [0.2, 0.25) is 0 Å². The molecule has 0 aromatic heterocycles. The molecule has 1 amide bonds. The molecule has 0 aliphatic carbocycles. The van der Waals surface area contributed by atoms with Gasteiger partial charge in [0, 0.05) is 12.1 Å². The van der Waals surface area contributed by atoms with Gasteiger partial charge in [-0.1, -0.05) is 43.9 Å². The number of hydrogen-bond donors (Lipinski definition) is 2. The number of rotatable bonds is 9. The van der Waals surface area contributed by atoms with E-state index in [1.807, 2.05) is 30.3 Å². The van der Waals surface area contributed by atoms with Crippen LogP contribution in [0, 0.1) is 0 Å². The van der Waals surface area contributed by atoms with E-state index >= 15 is 0 Å². The lowest BCUT2D eigenvalue weighted by molar-refractivity contribution is 0.0953. The SMILES string of the molecule is NCCCCCCCCNC(=O)c1ccccc1. The van der Waals surface area contributed by atoms with Crippen LogP contribution in [0.1, 0.15) is 48.9 Å². The topological polar surface area (TPSA) is 55.1 Å². The van der Waals surface area contributed by atoms with Crippen LogP contribution in [0.4, 0.5) is 0 Å². The van der Waals surface area contributed by atoms with E-state index in [9.17, 15) is 4.79 Å². The lowest BCUT2D eigenvalue weighted by Gasteiger charge is -2.05. The molecule has 18 heavy (non-hydrogen) atoms. The molecule has 0 atom stereocenters. The van der Waals surface area contributed by atoms with E-state index in [1.165, 1.54) is 25.7 Å². The van der Waals surface area contributed by atoms with Crippen LogP contribution in [0.5, 0.6) is 0 Å². The van der Waals surface area contributed by atoms with Crippen LogP contribution in [0.3, 0.4) is 0 Å². The molecule has 0 saturated heterocycles. The molecule has 0 aliphatic heterocycles. The number of carbonyl (C=O) groups is 1. The summed E-state index contributed by atoms with van der Waals surface area (Å²) in [5, 5.41) is 2.94. The quantitative estimate of drug-likeness (QED) is 0.660. The second-order valence-electron chi connectivity index (χ2n) is 4.53. The van der Waals surface area contributed by atoms with Crippen LogP contribution >= 0.6 is 0 Å². The van der Waals surface area contributed by atoms with Crippen molar-refractivity contribution >= 4 is 5.91 Å². The molecule has 1 rings (SSSR count). The summed E-state index contributed by atoms with van der Waals surface area (Å²) in [4.78, 5) is 11.7. The molecule has 0 unspecified atom stereocenters. The average molecular weight is 248 g/mol. The van der Waals surface area contributed by atoms with Crippen molar-refractivity contribution in [1.29, 1.82) is 0 Å². The molecular formula is C15H24N2O. The fourth-order valence-corrected chi connectivity index (χ4v) is 1.87. The summed E-state index contributed by atoms with van der Waals surface area (Å²) >= 11 is 0. The first kappa shape index (κ1) is 14.7. The van der Waals surface area contributed by atoms with Crippen LogP contribution < -0.4 is 11.1 Å². The van der Waals surface area contributed by atoms with Crippen molar-refractivity contribution in [2.24, 2.45) is 5.73 Å². The molecule has 0 saturated carbocycles. The second kappa shape index (κ2) is 9.66. The zero-order chi connectivity index (χ0) is 13.1. The number of hydrogen-bond acceptors (Lipinski definition) is 2. The van der Waals surface area contributed by atoms with Gasteiger partial charge in [-0.25, -0.2) is 0 Å². The molecule has 1 aromatic rings. The Bertz CT molecular complexity index is 325. The van der Waals surface area contributed by atoms with Gasteiger partial charge in [0.2, 0.25) is 0 Å². The Kier molecular flexibility index (Phi) is 7.89. The van der Waals surface area contributed by atoms with Gasteiger partial charge in [-0.05, 0) is 31.5 Å². The minimum absolute atomic E-state index is 0.0266. The Morgan fingerprint density at radius 3 is 2.22 bits per heavy atom. The zero-order valence-corrected chi connectivity index (χ0v) is 11.0. The molecule has 0 heterocycles. The number of nitrogens with two attached hydrogens (primary N) is 1. The van der Waals surface area contributed by atoms with E-state index in [0.29, 0.717) is 0 Å². The maximum Gasteiger partial charge on any atom is 0.251 e. The van der Waals surface area contributed by atoms with Crippen molar-refractivity contribution in [3.8, 4) is 0 Å². The summed E-state index contributed by atoms with van der Waals surface area (Å²) in [6.45, 7) is 1.57. The van der Waals surface area contributed by atoms with Gasteiger partial charge in [0.1, 0.15) is 0 Å². The van der Waals surface area contributed by atoms with Gasteiger partial charge in [0.05, 0.1) is 0 Å². The smallest absolute Gasteiger partial charge is 0.251 e. The Morgan fingerprint density at radius 1 is 0.944 bits per heavy atom. The highest BCUT2D eigenvalue weighted by Gasteiger charge is 2.02. The molecule has 0 spiro atoms. The Morgan fingerprint density at radius 2 is 1.56 bits per heavy atom. The maximum absolute atomic E-state index is 11.7. The molecule has 1 aromatic carbocycles. The molecule has 3 N–H and O–H groups in total. The Labute approximate surface area is 110 Å². The monoisotopic (exact) mass is 248 g/mol. The minimum Gasteiger partial charge on any atom is -0.352 e. The number of unbranched alkanes of at least 4 members (excludes halogenated alkanes) is 5. The lowest BCUT2D eigenvalue weighted by atomic mass is 10.1. The lowest BCUT2D eigenvalue weighted by Crippen LogP contribution is -2.24. The minimum atomic E-state index is 0.0266. The molecule has 0 radical (unpaired) electrons. The molecule has 0 fully saturated rings. The molecule has 3 heteroatoms. The first-order chi connectivity index (χ1) is 8.84. The summed E-state index contributed by atoms with van der Waals surface area (Å²) in [6.07, 6.45) is 7.09. The van der Waals surface area contributed by atoms with Gasteiger partial charge in [0.25, 0.3) is 5.91 Å². The number of nitrogens with one attached hydrogen (secondary N) is 1. The largest absolute Gasteiger partial charge is 0.352 e. The van der Waals surface area contributed by atoms with Crippen molar-refractivity contribution in [3.63, 3.8) is 0 Å². The Balaban J connectivity index is 2.00. The van der Waals surface area contributed by atoms with Crippen molar-refractivity contribution in [2.75, 3.05) is 13.1 Å². The van der Waals surface area contributed by atoms with Gasteiger partial charge in [-0.2, -0.15) is 0 Å². The van der Waals surface area contributed by atoms with Crippen LogP contribution in [0.25, 0.3) is 0 Å². The summed E-state index contributed by atoms with van der Waals surface area (Å²) in [6, 6.07) is 9.35.